The van der Waals surface area contributed by atoms with Crippen LogP contribution < -0.4 is 10.6 Å². The number of nitrogens with one attached hydrogen (secondary N) is 2. The molecule has 0 fully saturated rings. The molecule has 1 rings (SSSR count). The predicted octanol–water partition coefficient (Wildman–Crippen LogP) is 0.769. The molecule has 0 aliphatic carbocycles. The van der Waals surface area contributed by atoms with Gasteiger partial charge in [-0.2, -0.15) is 4.39 Å². The van der Waals surface area contributed by atoms with Gasteiger partial charge in [-0.3, -0.25) is 4.79 Å². The Bertz CT molecular complexity index is 317. The Labute approximate surface area is 81.5 Å². The lowest BCUT2D eigenvalue weighted by molar-refractivity contribution is -0.118. The highest BCUT2D eigenvalue weighted by atomic mass is 19.1. The number of anilines is 1. The van der Waals surface area contributed by atoms with E-state index in [0.717, 1.165) is 0 Å². The molecule has 0 saturated carbocycles. The molecule has 0 aromatic carbocycles. The summed E-state index contributed by atoms with van der Waals surface area (Å²) in [7, 11) is 0. The third-order valence-electron chi connectivity index (χ3n) is 1.52. The van der Waals surface area contributed by atoms with Crippen LogP contribution in [0.1, 0.15) is 6.92 Å². The van der Waals surface area contributed by atoms with Crippen LogP contribution in [0.15, 0.2) is 18.2 Å². The molecule has 0 saturated heterocycles. The lowest BCUT2D eigenvalue weighted by atomic mass is 10.4. The van der Waals surface area contributed by atoms with Gasteiger partial charge in [-0.1, -0.05) is 6.07 Å². The summed E-state index contributed by atoms with van der Waals surface area (Å²) in [5, 5.41) is 5.48. The molecule has 0 unspecified atom stereocenters. The fourth-order valence-corrected chi connectivity index (χ4v) is 0.936. The predicted molar refractivity (Wildman–Crippen MR) is 51.4 cm³/mol. The Morgan fingerprint density at radius 2 is 2.29 bits per heavy atom. The third kappa shape index (κ3) is 3.84. The van der Waals surface area contributed by atoms with Crippen molar-refractivity contribution in [1.82, 2.24) is 10.3 Å². The van der Waals surface area contributed by atoms with Crippen LogP contribution in [0.3, 0.4) is 0 Å². The van der Waals surface area contributed by atoms with E-state index in [9.17, 15) is 9.18 Å². The number of aromatic nitrogens is 1. The van der Waals surface area contributed by atoms with Crippen molar-refractivity contribution < 1.29 is 9.18 Å². The van der Waals surface area contributed by atoms with Gasteiger partial charge in [0.15, 0.2) is 0 Å². The first-order chi connectivity index (χ1) is 6.68. The minimum Gasteiger partial charge on any atom is -0.368 e. The van der Waals surface area contributed by atoms with Crippen LogP contribution in [0.2, 0.25) is 0 Å². The van der Waals surface area contributed by atoms with E-state index in [1.54, 1.807) is 12.1 Å². The zero-order chi connectivity index (χ0) is 10.4. The lowest BCUT2D eigenvalue weighted by Crippen LogP contribution is -2.26. The molecule has 0 aliphatic rings. The van der Waals surface area contributed by atoms with Crippen LogP contribution >= 0.6 is 0 Å². The van der Waals surface area contributed by atoms with Crippen molar-refractivity contribution in [2.45, 2.75) is 6.92 Å². The fourth-order valence-electron chi connectivity index (χ4n) is 0.936. The van der Waals surface area contributed by atoms with Gasteiger partial charge in [0.1, 0.15) is 5.82 Å². The van der Waals surface area contributed by atoms with Crippen molar-refractivity contribution in [3.63, 3.8) is 0 Å². The monoisotopic (exact) mass is 197 g/mol. The number of nitrogens with zero attached hydrogens (tertiary/aromatic N) is 1. The number of rotatable bonds is 4. The number of amides is 1. The molecule has 2 N–H and O–H groups in total. The summed E-state index contributed by atoms with van der Waals surface area (Å²) in [6, 6.07) is 4.51. The number of halogens is 1. The van der Waals surface area contributed by atoms with Gasteiger partial charge in [-0.25, -0.2) is 4.98 Å². The van der Waals surface area contributed by atoms with E-state index in [1.807, 2.05) is 0 Å². The summed E-state index contributed by atoms with van der Waals surface area (Å²) >= 11 is 0. The maximum Gasteiger partial charge on any atom is 0.216 e. The number of hydrogen-bond donors (Lipinski definition) is 2. The Morgan fingerprint density at radius 1 is 1.50 bits per heavy atom. The molecule has 1 aromatic heterocycles. The Hall–Kier alpha value is -1.65. The molecule has 0 radical (unpaired) electrons. The van der Waals surface area contributed by atoms with E-state index in [0.29, 0.717) is 18.9 Å². The summed E-state index contributed by atoms with van der Waals surface area (Å²) in [5.74, 6) is -0.135. The summed E-state index contributed by atoms with van der Waals surface area (Å²) in [6.45, 7) is 2.46. The summed E-state index contributed by atoms with van der Waals surface area (Å²) in [6.07, 6.45) is 0. The standard InChI is InChI=1S/C9H12FN3O/c1-7(14)11-5-6-12-9-4-2-3-8(10)13-9/h2-4H,5-6H2,1H3,(H,11,14)(H,12,13). The molecule has 1 heterocycles. The molecule has 0 bridgehead atoms. The van der Waals surface area contributed by atoms with Gasteiger partial charge in [-0.05, 0) is 12.1 Å². The normalized spacial score (nSPS) is 9.57. The van der Waals surface area contributed by atoms with Crippen LogP contribution in [0.5, 0.6) is 0 Å². The van der Waals surface area contributed by atoms with E-state index in [4.69, 9.17) is 0 Å². The zero-order valence-corrected chi connectivity index (χ0v) is 7.88. The molecule has 4 nitrogen and oxygen atoms in total. The minimum absolute atomic E-state index is 0.0843. The summed E-state index contributed by atoms with van der Waals surface area (Å²) in [4.78, 5) is 14.1. The zero-order valence-electron chi connectivity index (χ0n) is 7.88. The second-order valence-electron chi connectivity index (χ2n) is 2.76. The molecule has 5 heteroatoms. The number of carbonyl (C=O) groups is 1. The molecule has 1 aromatic rings. The molecule has 76 valence electrons. The van der Waals surface area contributed by atoms with Gasteiger partial charge in [0.05, 0.1) is 0 Å². The van der Waals surface area contributed by atoms with E-state index >= 15 is 0 Å². The van der Waals surface area contributed by atoms with E-state index in [1.165, 1.54) is 13.0 Å². The van der Waals surface area contributed by atoms with Crippen molar-refractivity contribution in [3.8, 4) is 0 Å². The Balaban J connectivity index is 2.28. The highest BCUT2D eigenvalue weighted by molar-refractivity contribution is 5.72. The first-order valence-electron chi connectivity index (χ1n) is 4.29. The van der Waals surface area contributed by atoms with E-state index in [-0.39, 0.29) is 5.91 Å². The minimum atomic E-state index is -0.519. The van der Waals surface area contributed by atoms with Crippen LogP contribution in [0.4, 0.5) is 10.2 Å². The van der Waals surface area contributed by atoms with Gasteiger partial charge in [0, 0.05) is 20.0 Å². The molecular weight excluding hydrogens is 185 g/mol. The topological polar surface area (TPSA) is 54.0 Å². The smallest absolute Gasteiger partial charge is 0.216 e. The van der Waals surface area contributed by atoms with Crippen LogP contribution in [-0.4, -0.2) is 24.0 Å². The number of pyridine rings is 1. The van der Waals surface area contributed by atoms with Gasteiger partial charge in [0.25, 0.3) is 0 Å². The van der Waals surface area contributed by atoms with Crippen molar-refractivity contribution in [2.75, 3.05) is 18.4 Å². The maximum absolute atomic E-state index is 12.6. The van der Waals surface area contributed by atoms with Gasteiger partial charge >= 0.3 is 0 Å². The van der Waals surface area contributed by atoms with Gasteiger partial charge in [-0.15, -0.1) is 0 Å². The molecule has 0 spiro atoms. The van der Waals surface area contributed by atoms with Crippen molar-refractivity contribution >= 4 is 11.7 Å². The lowest BCUT2D eigenvalue weighted by Gasteiger charge is -2.05. The highest BCUT2D eigenvalue weighted by Gasteiger charge is 1.95. The van der Waals surface area contributed by atoms with Crippen LogP contribution in [0.25, 0.3) is 0 Å². The van der Waals surface area contributed by atoms with E-state index < -0.39 is 5.95 Å². The van der Waals surface area contributed by atoms with Crippen LogP contribution in [-0.2, 0) is 4.79 Å². The first-order valence-corrected chi connectivity index (χ1v) is 4.29. The number of hydrogen-bond acceptors (Lipinski definition) is 3. The van der Waals surface area contributed by atoms with Crippen molar-refractivity contribution in [1.29, 1.82) is 0 Å². The second kappa shape index (κ2) is 5.16. The summed E-state index contributed by atoms with van der Waals surface area (Å²) in [5.41, 5.74) is 0. The SMILES string of the molecule is CC(=O)NCCNc1cccc(F)n1. The van der Waals surface area contributed by atoms with Gasteiger partial charge < -0.3 is 10.6 Å². The van der Waals surface area contributed by atoms with Crippen LogP contribution in [0, 0.1) is 5.95 Å². The fraction of sp³-hybridized carbons (Fsp3) is 0.333. The quantitative estimate of drug-likeness (QED) is 0.553. The average molecular weight is 197 g/mol. The van der Waals surface area contributed by atoms with Crippen molar-refractivity contribution in [2.24, 2.45) is 0 Å². The maximum atomic E-state index is 12.6. The average Bonchev–Trinajstić information content (AvgIpc) is 2.12. The van der Waals surface area contributed by atoms with Crippen molar-refractivity contribution in [3.05, 3.63) is 24.1 Å². The molecule has 14 heavy (non-hydrogen) atoms. The summed E-state index contributed by atoms with van der Waals surface area (Å²) < 4.78 is 12.6. The Kier molecular flexibility index (Phi) is 3.84. The van der Waals surface area contributed by atoms with Gasteiger partial charge in [0.2, 0.25) is 11.9 Å². The second-order valence-corrected chi connectivity index (χ2v) is 2.76. The largest absolute Gasteiger partial charge is 0.368 e. The first kappa shape index (κ1) is 10.4. The molecular formula is C9H12FN3O. The Morgan fingerprint density at radius 3 is 2.93 bits per heavy atom. The number of carbonyl (C=O) groups excluding carboxylic acids is 1. The third-order valence-corrected chi connectivity index (χ3v) is 1.52. The molecule has 0 atom stereocenters. The molecule has 0 aliphatic heterocycles. The molecule has 1 amide bonds. The van der Waals surface area contributed by atoms with E-state index in [2.05, 4.69) is 15.6 Å². The highest BCUT2D eigenvalue weighted by Crippen LogP contribution is 2.01.